The summed E-state index contributed by atoms with van der Waals surface area (Å²) in [6.45, 7) is 2.12. The van der Waals surface area contributed by atoms with Gasteiger partial charge in [0.25, 0.3) is 5.22 Å². The lowest BCUT2D eigenvalue weighted by molar-refractivity contribution is -0.113. The number of aryl methyl sites for hydroxylation is 1. The van der Waals surface area contributed by atoms with E-state index in [9.17, 15) is 4.79 Å². The first kappa shape index (κ1) is 22.5. The van der Waals surface area contributed by atoms with Gasteiger partial charge in [0, 0.05) is 29.6 Å². The Kier molecular flexibility index (Phi) is 6.67. The van der Waals surface area contributed by atoms with Crippen LogP contribution in [-0.2, 0) is 11.2 Å². The molecule has 1 amide bonds. The summed E-state index contributed by atoms with van der Waals surface area (Å²) in [5, 5.41) is 16.1. The molecule has 9 heteroatoms. The van der Waals surface area contributed by atoms with Crippen LogP contribution in [0.5, 0.6) is 0 Å². The van der Waals surface area contributed by atoms with Crippen LogP contribution in [0.1, 0.15) is 12.5 Å². The van der Waals surface area contributed by atoms with Gasteiger partial charge in [-0.3, -0.25) is 9.78 Å². The Balaban J connectivity index is 1.32. The first-order valence-corrected chi connectivity index (χ1v) is 12.1. The smallest absolute Gasteiger partial charge is 0.277 e. The molecule has 35 heavy (non-hydrogen) atoms. The van der Waals surface area contributed by atoms with Gasteiger partial charge < -0.3 is 9.73 Å². The Morgan fingerprint density at radius 2 is 1.74 bits per heavy atom. The van der Waals surface area contributed by atoms with Gasteiger partial charge in [0.05, 0.1) is 17.1 Å². The highest BCUT2D eigenvalue weighted by Crippen LogP contribution is 2.26. The zero-order valence-electron chi connectivity index (χ0n) is 19.0. The minimum Gasteiger partial charge on any atom is -0.411 e. The number of carbonyl (C=O) groups excluding carboxylic acids is 1. The van der Waals surface area contributed by atoms with E-state index >= 15 is 0 Å². The summed E-state index contributed by atoms with van der Waals surface area (Å²) in [4.78, 5) is 16.8. The second-order valence-corrected chi connectivity index (χ2v) is 8.59. The quantitative estimate of drug-likeness (QED) is 0.301. The van der Waals surface area contributed by atoms with E-state index in [4.69, 9.17) is 9.52 Å². The fourth-order valence-electron chi connectivity index (χ4n) is 3.47. The summed E-state index contributed by atoms with van der Waals surface area (Å²) in [7, 11) is 0. The molecule has 3 heterocycles. The maximum atomic E-state index is 12.8. The summed E-state index contributed by atoms with van der Waals surface area (Å²) in [6, 6.07) is 23.4. The van der Waals surface area contributed by atoms with Crippen LogP contribution in [0.4, 0.5) is 5.82 Å². The van der Waals surface area contributed by atoms with Gasteiger partial charge in [-0.2, -0.15) is 5.10 Å². The predicted molar refractivity (Wildman–Crippen MR) is 135 cm³/mol. The van der Waals surface area contributed by atoms with Gasteiger partial charge in [0.2, 0.25) is 11.8 Å². The zero-order chi connectivity index (χ0) is 24.0. The Bertz CT molecular complexity index is 1420. The summed E-state index contributed by atoms with van der Waals surface area (Å²) in [5.74, 6) is 0.873. The maximum Gasteiger partial charge on any atom is 0.277 e. The van der Waals surface area contributed by atoms with Crippen LogP contribution in [-0.4, -0.2) is 36.6 Å². The molecule has 0 radical (unpaired) electrons. The number of aromatic nitrogens is 5. The Morgan fingerprint density at radius 1 is 0.971 bits per heavy atom. The highest BCUT2D eigenvalue weighted by molar-refractivity contribution is 7.99. The number of nitrogens with zero attached hydrogens (tertiary/aromatic N) is 5. The van der Waals surface area contributed by atoms with Crippen LogP contribution in [0, 0.1) is 0 Å². The number of rotatable bonds is 8. The molecule has 5 aromatic rings. The lowest BCUT2D eigenvalue weighted by atomic mass is 10.1. The van der Waals surface area contributed by atoms with Crippen molar-refractivity contribution in [1.82, 2.24) is 25.0 Å². The number of para-hydroxylation sites is 1. The number of pyridine rings is 1. The number of thioether (sulfide) groups is 1. The number of carbonyl (C=O) groups is 1. The molecular weight excluding hydrogens is 460 g/mol. The van der Waals surface area contributed by atoms with Crippen molar-refractivity contribution in [3.05, 3.63) is 90.8 Å². The van der Waals surface area contributed by atoms with E-state index in [1.807, 2.05) is 48.5 Å². The van der Waals surface area contributed by atoms with E-state index in [0.717, 1.165) is 28.9 Å². The van der Waals surface area contributed by atoms with Crippen LogP contribution < -0.4 is 5.32 Å². The molecule has 0 saturated heterocycles. The average Bonchev–Trinajstić information content (AvgIpc) is 3.56. The molecule has 0 bridgehead atoms. The Labute approximate surface area is 206 Å². The third kappa shape index (κ3) is 5.30. The number of hydrogen-bond donors (Lipinski definition) is 1. The second kappa shape index (κ2) is 10.4. The van der Waals surface area contributed by atoms with Crippen molar-refractivity contribution in [3.63, 3.8) is 0 Å². The van der Waals surface area contributed by atoms with Gasteiger partial charge in [0.1, 0.15) is 5.82 Å². The normalized spacial score (nSPS) is 10.9. The highest BCUT2D eigenvalue weighted by Gasteiger charge is 2.16. The average molecular weight is 483 g/mol. The van der Waals surface area contributed by atoms with Crippen molar-refractivity contribution in [1.29, 1.82) is 0 Å². The Morgan fingerprint density at radius 3 is 2.49 bits per heavy atom. The molecule has 0 atom stereocenters. The lowest BCUT2D eigenvalue weighted by Gasteiger charge is -2.08. The summed E-state index contributed by atoms with van der Waals surface area (Å²) < 4.78 is 7.40. The van der Waals surface area contributed by atoms with Crippen molar-refractivity contribution < 1.29 is 9.21 Å². The number of hydrogen-bond acceptors (Lipinski definition) is 7. The maximum absolute atomic E-state index is 12.8. The molecule has 8 nitrogen and oxygen atoms in total. The van der Waals surface area contributed by atoms with Crippen LogP contribution in [0.3, 0.4) is 0 Å². The molecule has 0 spiro atoms. The van der Waals surface area contributed by atoms with Crippen molar-refractivity contribution in [2.24, 2.45) is 0 Å². The zero-order valence-corrected chi connectivity index (χ0v) is 19.8. The third-order valence-electron chi connectivity index (χ3n) is 5.30. The van der Waals surface area contributed by atoms with Gasteiger partial charge in [0.15, 0.2) is 0 Å². The van der Waals surface area contributed by atoms with Gasteiger partial charge >= 0.3 is 0 Å². The summed E-state index contributed by atoms with van der Waals surface area (Å²) in [6.07, 6.45) is 4.28. The van der Waals surface area contributed by atoms with E-state index < -0.39 is 0 Å². The fraction of sp³-hybridized carbons (Fsp3) is 0.115. The fourth-order valence-corrected chi connectivity index (χ4v) is 4.04. The minimum absolute atomic E-state index is 0.110. The molecule has 0 saturated carbocycles. The van der Waals surface area contributed by atoms with Crippen LogP contribution in [0.25, 0.3) is 28.4 Å². The van der Waals surface area contributed by atoms with E-state index in [2.05, 4.69) is 39.6 Å². The van der Waals surface area contributed by atoms with Gasteiger partial charge in [-0.05, 0) is 36.2 Å². The third-order valence-corrected chi connectivity index (χ3v) is 6.11. The number of nitrogens with one attached hydrogen (secondary N) is 1. The van der Waals surface area contributed by atoms with Crippen LogP contribution in [0.15, 0.2) is 94.8 Å². The van der Waals surface area contributed by atoms with Gasteiger partial charge in [-0.15, -0.1) is 10.2 Å². The molecule has 0 aliphatic rings. The van der Waals surface area contributed by atoms with Crippen molar-refractivity contribution in [2.45, 2.75) is 18.6 Å². The SMILES string of the molecule is CCc1ccc(-c2cc(NC(=O)CSc3nnc(-c4ccncc4)o3)n(-c3ccccc3)n2)cc1. The molecule has 3 aromatic heterocycles. The van der Waals surface area contributed by atoms with Crippen LogP contribution >= 0.6 is 11.8 Å². The molecule has 5 rings (SSSR count). The van der Waals surface area contributed by atoms with Gasteiger partial charge in [-0.1, -0.05) is 61.2 Å². The first-order valence-electron chi connectivity index (χ1n) is 11.1. The highest BCUT2D eigenvalue weighted by atomic mass is 32.2. The molecule has 0 unspecified atom stereocenters. The predicted octanol–water partition coefficient (Wildman–Crippen LogP) is 5.28. The van der Waals surface area contributed by atoms with E-state index in [-0.39, 0.29) is 11.7 Å². The molecule has 2 aromatic carbocycles. The molecule has 174 valence electrons. The Hall–Kier alpha value is -4.24. The number of benzene rings is 2. The van der Waals surface area contributed by atoms with Crippen LogP contribution in [0.2, 0.25) is 0 Å². The van der Waals surface area contributed by atoms with Crippen molar-refractivity contribution >= 4 is 23.5 Å². The number of anilines is 1. The minimum atomic E-state index is -0.205. The summed E-state index contributed by atoms with van der Waals surface area (Å²) in [5.41, 5.74) is 4.64. The number of amides is 1. The van der Waals surface area contributed by atoms with E-state index in [1.54, 1.807) is 29.2 Å². The molecule has 0 aliphatic carbocycles. The first-order chi connectivity index (χ1) is 17.2. The molecular formula is C26H22N6O2S. The van der Waals surface area contributed by atoms with Gasteiger partial charge in [-0.25, -0.2) is 4.68 Å². The topological polar surface area (TPSA) is 98.7 Å². The van der Waals surface area contributed by atoms with E-state index in [1.165, 1.54) is 17.3 Å². The van der Waals surface area contributed by atoms with Crippen molar-refractivity contribution in [3.8, 4) is 28.4 Å². The monoisotopic (exact) mass is 482 g/mol. The molecule has 0 aliphatic heterocycles. The molecule has 1 N–H and O–H groups in total. The second-order valence-electron chi connectivity index (χ2n) is 7.66. The lowest BCUT2D eigenvalue weighted by Crippen LogP contribution is -2.16. The molecule has 0 fully saturated rings. The standard InChI is InChI=1S/C26H22N6O2S/c1-2-18-8-10-19(11-9-18)22-16-23(32(31-22)21-6-4-3-5-7-21)28-24(33)17-35-26-30-29-25(34-26)20-12-14-27-15-13-20/h3-16H,2,17H2,1H3,(H,28,33). The largest absolute Gasteiger partial charge is 0.411 e. The van der Waals surface area contributed by atoms with E-state index in [0.29, 0.717) is 16.9 Å². The van der Waals surface area contributed by atoms with Crippen molar-refractivity contribution in [2.75, 3.05) is 11.1 Å². The summed E-state index contributed by atoms with van der Waals surface area (Å²) >= 11 is 1.17.